The molecule has 0 radical (unpaired) electrons. The number of esters is 2. The minimum Gasteiger partial charge on any atom is -0.466 e. The lowest BCUT2D eigenvalue weighted by atomic mass is 9.72. The van der Waals surface area contributed by atoms with E-state index in [1.807, 2.05) is 13.8 Å². The van der Waals surface area contributed by atoms with Gasteiger partial charge in [-0.05, 0) is 81.8 Å². The number of fused-ring (bicyclic) bond motifs is 3. The highest BCUT2D eigenvalue weighted by Crippen LogP contribution is 2.60. The second kappa shape index (κ2) is 8.76. The molecule has 27 heavy (non-hydrogen) atoms. The Bertz CT molecular complexity index is 786. The number of halogens is 2. The fraction of sp³-hybridized carbons (Fsp3) is 0.474. The highest BCUT2D eigenvalue weighted by atomic mass is 79.9. The van der Waals surface area contributed by atoms with Crippen LogP contribution in [0.15, 0.2) is 19.7 Å². The molecule has 0 fully saturated rings. The second-order valence-corrected chi connectivity index (χ2v) is 11.1. The number of hydrogen-bond donors (Lipinski definition) is 0. The van der Waals surface area contributed by atoms with Crippen molar-refractivity contribution in [3.63, 3.8) is 0 Å². The molecule has 0 aromatic carbocycles. The van der Waals surface area contributed by atoms with Crippen molar-refractivity contribution in [1.29, 1.82) is 0 Å². The lowest BCUT2D eigenvalue weighted by molar-refractivity contribution is -0.143. The maximum absolute atomic E-state index is 12.1. The molecule has 2 aromatic heterocycles. The summed E-state index contributed by atoms with van der Waals surface area (Å²) < 4.78 is 12.4. The monoisotopic (exact) mass is 534 g/mol. The zero-order chi connectivity index (χ0) is 19.6. The molecule has 0 bridgehead atoms. The molecule has 0 atom stereocenters. The maximum atomic E-state index is 12.1. The van der Waals surface area contributed by atoms with Gasteiger partial charge < -0.3 is 9.47 Å². The van der Waals surface area contributed by atoms with E-state index in [1.54, 1.807) is 22.7 Å². The van der Waals surface area contributed by atoms with Crippen LogP contribution in [-0.4, -0.2) is 25.2 Å². The van der Waals surface area contributed by atoms with E-state index in [0.29, 0.717) is 38.9 Å². The van der Waals surface area contributed by atoms with Crippen molar-refractivity contribution >= 4 is 66.5 Å². The molecule has 0 aliphatic heterocycles. The molecule has 0 N–H and O–H groups in total. The SMILES string of the molecule is CCOC(=O)CCC1(CCC(=O)OCC)c2cc(Br)sc2-c2sc(Br)cc21. The minimum absolute atomic E-state index is 0.202. The third-order valence-electron chi connectivity index (χ3n) is 4.76. The molecular formula is C19H20Br2O4S2. The van der Waals surface area contributed by atoms with E-state index in [1.165, 1.54) is 20.9 Å². The Hall–Kier alpha value is -0.700. The maximum Gasteiger partial charge on any atom is 0.305 e. The molecule has 3 rings (SSSR count). The van der Waals surface area contributed by atoms with Crippen LogP contribution in [0.1, 0.15) is 50.7 Å². The van der Waals surface area contributed by atoms with Gasteiger partial charge in [0.1, 0.15) is 0 Å². The van der Waals surface area contributed by atoms with Crippen LogP contribution >= 0.6 is 54.5 Å². The van der Waals surface area contributed by atoms with E-state index in [4.69, 9.17) is 9.47 Å². The van der Waals surface area contributed by atoms with Crippen molar-refractivity contribution in [2.45, 2.75) is 44.9 Å². The van der Waals surface area contributed by atoms with E-state index >= 15 is 0 Å². The van der Waals surface area contributed by atoms with Crippen molar-refractivity contribution < 1.29 is 19.1 Å². The van der Waals surface area contributed by atoms with Crippen molar-refractivity contribution in [2.24, 2.45) is 0 Å². The predicted octanol–water partition coefficient (Wildman–Crippen LogP) is 6.29. The topological polar surface area (TPSA) is 52.6 Å². The van der Waals surface area contributed by atoms with E-state index < -0.39 is 0 Å². The van der Waals surface area contributed by atoms with Crippen LogP contribution in [0.3, 0.4) is 0 Å². The first kappa shape index (κ1) is 21.0. The van der Waals surface area contributed by atoms with E-state index in [-0.39, 0.29) is 17.4 Å². The van der Waals surface area contributed by atoms with Crippen molar-refractivity contribution in [3.8, 4) is 9.75 Å². The zero-order valence-corrected chi connectivity index (χ0v) is 19.9. The van der Waals surface area contributed by atoms with Gasteiger partial charge in [0.25, 0.3) is 0 Å². The van der Waals surface area contributed by atoms with Crippen LogP contribution in [0.5, 0.6) is 0 Å². The van der Waals surface area contributed by atoms with Gasteiger partial charge >= 0.3 is 11.9 Å². The first-order chi connectivity index (χ1) is 12.9. The smallest absolute Gasteiger partial charge is 0.305 e. The average Bonchev–Trinajstić information content (AvgIpc) is 3.24. The van der Waals surface area contributed by atoms with Crippen molar-refractivity contribution in [3.05, 3.63) is 30.8 Å². The van der Waals surface area contributed by atoms with Crippen LogP contribution in [0.25, 0.3) is 9.75 Å². The summed E-state index contributed by atoms with van der Waals surface area (Å²) in [6, 6.07) is 4.27. The molecule has 1 aliphatic carbocycles. The summed E-state index contributed by atoms with van der Waals surface area (Å²) >= 11 is 10.6. The molecule has 0 saturated heterocycles. The van der Waals surface area contributed by atoms with Crippen LogP contribution in [-0.2, 0) is 24.5 Å². The quantitative estimate of drug-likeness (QED) is 0.373. The van der Waals surface area contributed by atoms with Gasteiger partial charge in [-0.25, -0.2) is 0 Å². The number of ether oxygens (including phenoxy) is 2. The first-order valence-electron chi connectivity index (χ1n) is 8.82. The lowest BCUT2D eigenvalue weighted by Crippen LogP contribution is -2.27. The second-order valence-electron chi connectivity index (χ2n) is 6.28. The molecule has 0 amide bonds. The molecule has 4 nitrogen and oxygen atoms in total. The molecule has 0 saturated carbocycles. The molecular weight excluding hydrogens is 516 g/mol. The van der Waals surface area contributed by atoms with E-state index in [0.717, 1.165) is 7.57 Å². The molecule has 0 unspecified atom stereocenters. The van der Waals surface area contributed by atoms with Crippen molar-refractivity contribution in [2.75, 3.05) is 13.2 Å². The molecule has 8 heteroatoms. The number of hydrogen-bond acceptors (Lipinski definition) is 6. The van der Waals surface area contributed by atoms with Gasteiger partial charge in [0.05, 0.1) is 20.8 Å². The summed E-state index contributed by atoms with van der Waals surface area (Å²) in [5.41, 5.74) is 2.01. The zero-order valence-electron chi connectivity index (χ0n) is 15.1. The Kier molecular flexibility index (Phi) is 6.82. The Labute approximate surface area is 183 Å². The fourth-order valence-corrected chi connectivity index (χ4v) is 7.23. The number of carbonyl (C=O) groups is 2. The number of rotatable bonds is 8. The highest BCUT2D eigenvalue weighted by molar-refractivity contribution is 9.11. The normalized spacial score (nSPS) is 13.9. The molecule has 0 spiro atoms. The minimum atomic E-state index is -0.380. The summed E-state index contributed by atoms with van der Waals surface area (Å²) in [6.07, 6.45) is 1.85. The Morgan fingerprint density at radius 3 is 1.67 bits per heavy atom. The fourth-order valence-electron chi connectivity index (χ4n) is 3.68. The average molecular weight is 536 g/mol. The molecule has 2 aromatic rings. The van der Waals surface area contributed by atoms with Crippen molar-refractivity contribution in [1.82, 2.24) is 0 Å². The van der Waals surface area contributed by atoms with Gasteiger partial charge in [-0.3, -0.25) is 9.59 Å². The van der Waals surface area contributed by atoms with Crippen LogP contribution < -0.4 is 0 Å². The van der Waals surface area contributed by atoms with Crippen LogP contribution in [0.2, 0.25) is 0 Å². The van der Waals surface area contributed by atoms with Gasteiger partial charge in [0.15, 0.2) is 0 Å². The summed E-state index contributed by atoms with van der Waals surface area (Å²) in [5, 5.41) is 0. The first-order valence-corrected chi connectivity index (χ1v) is 12.0. The summed E-state index contributed by atoms with van der Waals surface area (Å²) in [6.45, 7) is 4.37. The molecule has 2 heterocycles. The number of thiophene rings is 2. The lowest BCUT2D eigenvalue weighted by Gasteiger charge is -2.30. The van der Waals surface area contributed by atoms with E-state index in [9.17, 15) is 9.59 Å². The van der Waals surface area contributed by atoms with Crippen LogP contribution in [0.4, 0.5) is 0 Å². The Morgan fingerprint density at radius 2 is 1.30 bits per heavy atom. The van der Waals surface area contributed by atoms with Gasteiger partial charge in [0.2, 0.25) is 0 Å². The molecule has 146 valence electrons. The molecule has 1 aliphatic rings. The Morgan fingerprint density at radius 1 is 0.889 bits per heavy atom. The third kappa shape index (κ3) is 4.18. The Balaban J connectivity index is 2.00. The van der Waals surface area contributed by atoms with Gasteiger partial charge in [-0.1, -0.05) is 0 Å². The standard InChI is InChI=1S/C19H20Br2O4S2/c1-3-24-15(22)5-7-19(8-6-16(23)25-4-2)11-9-13(20)26-17(11)18-12(19)10-14(21)27-18/h9-10H,3-8H2,1-2H3. The highest BCUT2D eigenvalue weighted by Gasteiger charge is 2.46. The van der Waals surface area contributed by atoms with Gasteiger partial charge in [-0.2, -0.15) is 0 Å². The summed E-state index contributed by atoms with van der Waals surface area (Å²) in [7, 11) is 0. The third-order valence-corrected chi connectivity index (χ3v) is 8.20. The van der Waals surface area contributed by atoms with E-state index in [2.05, 4.69) is 44.0 Å². The van der Waals surface area contributed by atoms with Gasteiger partial charge in [0, 0.05) is 28.0 Å². The predicted molar refractivity (Wildman–Crippen MR) is 116 cm³/mol. The number of carbonyl (C=O) groups excluding carboxylic acids is 2. The summed E-state index contributed by atoms with van der Waals surface area (Å²) in [5.74, 6) is -0.404. The van der Waals surface area contributed by atoms with Gasteiger partial charge in [-0.15, -0.1) is 22.7 Å². The summed E-state index contributed by atoms with van der Waals surface area (Å²) in [4.78, 5) is 26.6. The largest absolute Gasteiger partial charge is 0.466 e. The van der Waals surface area contributed by atoms with Crippen LogP contribution in [0, 0.1) is 0 Å².